The van der Waals surface area contributed by atoms with Gasteiger partial charge in [-0.3, -0.25) is 4.79 Å². The predicted octanol–water partition coefficient (Wildman–Crippen LogP) is 1.83. The minimum absolute atomic E-state index is 0.0973. The Morgan fingerprint density at radius 1 is 1.67 bits per heavy atom. The zero-order valence-electron chi connectivity index (χ0n) is 6.89. The Bertz CT molecular complexity index is 336. The van der Waals surface area contributed by atoms with Crippen LogP contribution in [0.5, 0.6) is 0 Å². The lowest BCUT2D eigenvalue weighted by molar-refractivity contribution is 0.101. The van der Waals surface area contributed by atoms with Crippen molar-refractivity contribution in [2.45, 2.75) is 13.8 Å². The molecule has 0 atom stereocenters. The van der Waals surface area contributed by atoms with Gasteiger partial charge in [-0.2, -0.15) is 0 Å². The van der Waals surface area contributed by atoms with Crippen molar-refractivity contribution in [2.75, 3.05) is 5.73 Å². The molecule has 0 spiro atoms. The summed E-state index contributed by atoms with van der Waals surface area (Å²) in [5.74, 6) is -0.0973. The molecule has 1 rings (SSSR count). The van der Waals surface area contributed by atoms with Crippen LogP contribution in [0.3, 0.4) is 0 Å². The van der Waals surface area contributed by atoms with E-state index < -0.39 is 0 Å². The lowest BCUT2D eigenvalue weighted by Crippen LogP contribution is -2.02. The molecule has 0 fully saturated rings. The minimum atomic E-state index is -0.0973. The largest absolute Gasteiger partial charge is 0.396 e. The Kier molecular flexibility index (Phi) is 2.33. The molecule has 0 amide bonds. The topological polar surface area (TPSA) is 56.0 Å². The highest BCUT2D eigenvalue weighted by Crippen LogP contribution is 2.21. The van der Waals surface area contributed by atoms with E-state index in [1.165, 1.54) is 6.92 Å². The number of carbonyl (C=O) groups is 1. The second-order valence-corrected chi connectivity index (χ2v) is 2.93. The third-order valence-corrected chi connectivity index (χ3v) is 1.81. The van der Waals surface area contributed by atoms with Crippen molar-refractivity contribution in [2.24, 2.45) is 0 Å². The number of aromatic nitrogens is 1. The van der Waals surface area contributed by atoms with Crippen LogP contribution in [0.4, 0.5) is 5.69 Å². The van der Waals surface area contributed by atoms with Gasteiger partial charge in [0.2, 0.25) is 0 Å². The molecule has 12 heavy (non-hydrogen) atoms. The molecule has 0 bridgehead atoms. The van der Waals surface area contributed by atoms with Gasteiger partial charge in [-0.05, 0) is 19.9 Å². The van der Waals surface area contributed by atoms with Gasteiger partial charge in [0.1, 0.15) is 0 Å². The van der Waals surface area contributed by atoms with Gasteiger partial charge in [0, 0.05) is 11.3 Å². The number of pyridine rings is 1. The van der Waals surface area contributed by atoms with Crippen LogP contribution >= 0.6 is 11.6 Å². The van der Waals surface area contributed by atoms with Gasteiger partial charge in [0.15, 0.2) is 10.9 Å². The van der Waals surface area contributed by atoms with E-state index in [0.717, 1.165) is 0 Å². The summed E-state index contributed by atoms with van der Waals surface area (Å²) in [6.07, 6.45) is 0. The third kappa shape index (κ3) is 1.56. The quantitative estimate of drug-likeness (QED) is 0.535. The van der Waals surface area contributed by atoms with Gasteiger partial charge in [-0.15, -0.1) is 0 Å². The number of ketones is 1. The highest BCUT2D eigenvalue weighted by molar-refractivity contribution is 6.32. The van der Waals surface area contributed by atoms with E-state index in [4.69, 9.17) is 17.3 Å². The molecular weight excluding hydrogens is 176 g/mol. The predicted molar refractivity (Wildman–Crippen MR) is 48.4 cm³/mol. The molecular formula is C8H9ClN2O. The Hall–Kier alpha value is -1.09. The molecule has 0 saturated carbocycles. The van der Waals surface area contributed by atoms with Gasteiger partial charge in [-0.25, -0.2) is 4.98 Å². The first-order valence-corrected chi connectivity index (χ1v) is 3.83. The number of nitrogens with two attached hydrogens (primary N) is 1. The lowest BCUT2D eigenvalue weighted by Gasteiger charge is -2.03. The molecule has 0 unspecified atom stereocenters. The maximum atomic E-state index is 11.0. The van der Waals surface area contributed by atoms with Crippen LogP contribution in [0, 0.1) is 6.92 Å². The summed E-state index contributed by atoms with van der Waals surface area (Å²) < 4.78 is 0. The summed E-state index contributed by atoms with van der Waals surface area (Å²) in [6, 6.07) is 1.63. The number of hydrogen-bond donors (Lipinski definition) is 1. The Labute approximate surface area is 75.6 Å². The zero-order valence-corrected chi connectivity index (χ0v) is 7.64. The van der Waals surface area contributed by atoms with Gasteiger partial charge < -0.3 is 5.73 Å². The summed E-state index contributed by atoms with van der Waals surface area (Å²) in [5.41, 5.74) is 6.93. The van der Waals surface area contributed by atoms with Crippen molar-refractivity contribution < 1.29 is 4.79 Å². The first-order chi connectivity index (χ1) is 5.52. The van der Waals surface area contributed by atoms with E-state index >= 15 is 0 Å². The Balaban J connectivity index is 3.37. The summed E-state index contributed by atoms with van der Waals surface area (Å²) in [7, 11) is 0. The number of Topliss-reactive ketones (excluding diaryl/α,β-unsaturated/α-hetero) is 1. The van der Waals surface area contributed by atoms with E-state index in [2.05, 4.69) is 4.98 Å². The smallest absolute Gasteiger partial charge is 0.162 e. The van der Waals surface area contributed by atoms with Crippen LogP contribution in [0.25, 0.3) is 0 Å². The number of rotatable bonds is 1. The van der Waals surface area contributed by atoms with Crippen LogP contribution in [0.2, 0.25) is 5.15 Å². The molecule has 0 saturated heterocycles. The summed E-state index contributed by atoms with van der Waals surface area (Å²) in [4.78, 5) is 14.9. The van der Waals surface area contributed by atoms with Crippen molar-refractivity contribution in [3.8, 4) is 0 Å². The number of hydrogen-bond acceptors (Lipinski definition) is 3. The lowest BCUT2D eigenvalue weighted by atomic mass is 10.1. The normalized spacial score (nSPS) is 9.92. The number of nitrogens with zero attached hydrogens (tertiary/aromatic N) is 1. The molecule has 0 aliphatic carbocycles. The first-order valence-electron chi connectivity index (χ1n) is 3.46. The van der Waals surface area contributed by atoms with Crippen LogP contribution in [0.15, 0.2) is 6.07 Å². The first kappa shape index (κ1) is 9.00. The van der Waals surface area contributed by atoms with Crippen molar-refractivity contribution in [1.82, 2.24) is 4.98 Å². The van der Waals surface area contributed by atoms with Gasteiger partial charge in [0.05, 0.1) is 5.69 Å². The minimum Gasteiger partial charge on any atom is -0.396 e. The SMILES string of the molecule is CC(=O)c1cc(C)nc(Cl)c1N. The summed E-state index contributed by atoms with van der Waals surface area (Å²) in [5, 5.41) is 0.195. The van der Waals surface area contributed by atoms with Crippen LogP contribution in [-0.2, 0) is 0 Å². The third-order valence-electron chi connectivity index (χ3n) is 1.52. The Morgan fingerprint density at radius 2 is 2.25 bits per heavy atom. The monoisotopic (exact) mass is 184 g/mol. The number of carbonyl (C=O) groups excluding carboxylic acids is 1. The van der Waals surface area contributed by atoms with Crippen molar-refractivity contribution in [3.05, 3.63) is 22.5 Å². The highest BCUT2D eigenvalue weighted by Gasteiger charge is 2.09. The Morgan fingerprint density at radius 3 is 2.75 bits per heavy atom. The fourth-order valence-corrected chi connectivity index (χ4v) is 1.17. The average molecular weight is 185 g/mol. The summed E-state index contributed by atoms with van der Waals surface area (Å²) >= 11 is 5.67. The van der Waals surface area contributed by atoms with E-state index in [1.807, 2.05) is 0 Å². The molecule has 1 heterocycles. The molecule has 64 valence electrons. The maximum Gasteiger partial charge on any atom is 0.162 e. The fourth-order valence-electron chi connectivity index (χ4n) is 0.936. The van der Waals surface area contributed by atoms with Gasteiger partial charge >= 0.3 is 0 Å². The fraction of sp³-hybridized carbons (Fsp3) is 0.250. The molecule has 4 heteroatoms. The molecule has 1 aromatic heterocycles. The van der Waals surface area contributed by atoms with Gasteiger partial charge in [0.25, 0.3) is 0 Å². The number of aryl methyl sites for hydroxylation is 1. The van der Waals surface area contributed by atoms with Crippen LogP contribution in [0.1, 0.15) is 23.0 Å². The second-order valence-electron chi connectivity index (χ2n) is 2.57. The van der Waals surface area contributed by atoms with Crippen molar-refractivity contribution >= 4 is 23.1 Å². The summed E-state index contributed by atoms with van der Waals surface area (Å²) in [6.45, 7) is 3.21. The molecule has 0 radical (unpaired) electrons. The standard InChI is InChI=1S/C8H9ClN2O/c1-4-3-6(5(2)12)7(10)8(9)11-4/h3H,10H2,1-2H3. The van der Waals surface area contributed by atoms with Gasteiger partial charge in [-0.1, -0.05) is 11.6 Å². The second kappa shape index (κ2) is 3.11. The van der Waals surface area contributed by atoms with E-state index in [1.54, 1.807) is 13.0 Å². The van der Waals surface area contributed by atoms with E-state index in [-0.39, 0.29) is 16.6 Å². The molecule has 0 aliphatic rings. The van der Waals surface area contributed by atoms with Crippen LogP contribution in [-0.4, -0.2) is 10.8 Å². The zero-order chi connectivity index (χ0) is 9.30. The van der Waals surface area contributed by atoms with Crippen LogP contribution < -0.4 is 5.73 Å². The number of anilines is 1. The molecule has 1 aromatic rings. The molecule has 0 aliphatic heterocycles. The number of nitrogen functional groups attached to an aromatic ring is 1. The van der Waals surface area contributed by atoms with E-state index in [0.29, 0.717) is 11.3 Å². The molecule has 2 N–H and O–H groups in total. The molecule has 0 aromatic carbocycles. The number of halogens is 1. The van der Waals surface area contributed by atoms with Crippen molar-refractivity contribution in [1.29, 1.82) is 0 Å². The maximum absolute atomic E-state index is 11.0. The van der Waals surface area contributed by atoms with Crippen molar-refractivity contribution in [3.63, 3.8) is 0 Å². The van der Waals surface area contributed by atoms with E-state index in [9.17, 15) is 4.79 Å². The highest BCUT2D eigenvalue weighted by atomic mass is 35.5. The average Bonchev–Trinajstić information content (AvgIpc) is 1.96. The molecule has 3 nitrogen and oxygen atoms in total.